The maximum Gasteiger partial charge on any atom is 2.00 e. The van der Waals surface area contributed by atoms with Gasteiger partial charge < -0.3 is 19.5 Å². The Bertz CT molecular complexity index is 1220. The van der Waals surface area contributed by atoms with Gasteiger partial charge in [-0.05, 0) is 36.4 Å². The van der Waals surface area contributed by atoms with Crippen LogP contribution in [0.25, 0.3) is 0 Å². The number of hydrogen-bond acceptors (Lipinski definition) is 9. The second kappa shape index (κ2) is 16.3. The first-order valence-electron chi connectivity index (χ1n) is 9.56. The molecule has 2 aromatic heterocycles. The Morgan fingerprint density at radius 2 is 0.949 bits per heavy atom. The molecule has 39 heavy (non-hydrogen) atoms. The molecule has 3 rings (SSSR count). The molecule has 10 nitrogen and oxygen atoms in total. The molecular formula is C20H20CuF6N3O7S2+. The van der Waals surface area contributed by atoms with Gasteiger partial charge in [-0.15, -0.1) is 0 Å². The first-order chi connectivity index (χ1) is 16.9. The first-order valence-corrected chi connectivity index (χ1v) is 12.4. The summed E-state index contributed by atoms with van der Waals surface area (Å²) in [5.41, 5.74) is -8.01. The number of benzene rings is 1. The zero-order chi connectivity index (χ0) is 28.3. The van der Waals surface area contributed by atoms with E-state index in [2.05, 4.69) is 39.1 Å². The number of para-hydroxylation sites is 1. The van der Waals surface area contributed by atoms with Crippen molar-refractivity contribution in [3.05, 3.63) is 90.5 Å². The fraction of sp³-hybridized carbons (Fsp3) is 0.200. The van der Waals surface area contributed by atoms with Crippen LogP contribution in [0.15, 0.2) is 79.1 Å². The van der Waals surface area contributed by atoms with E-state index in [9.17, 15) is 26.3 Å². The van der Waals surface area contributed by atoms with Gasteiger partial charge in [-0.2, -0.15) is 26.3 Å². The van der Waals surface area contributed by atoms with Gasteiger partial charge >= 0.3 is 28.1 Å². The minimum Gasteiger partial charge on any atom is -0.741 e. The van der Waals surface area contributed by atoms with Crippen LogP contribution in [0.4, 0.5) is 32.0 Å². The molecule has 221 valence electrons. The third-order valence-corrected chi connectivity index (χ3v) is 4.98. The SMILES string of the molecule is O=S(=O)([O-])C(F)(F)F.O=S(=O)([O-])C(F)(F)F.[Cu+2].[OH3+].c1ccc(N(Cc2ccccn2)Cc2ccccn2)cc1. The van der Waals surface area contributed by atoms with Crippen molar-refractivity contribution in [2.75, 3.05) is 4.90 Å². The smallest absolute Gasteiger partial charge is 0.741 e. The van der Waals surface area contributed by atoms with Gasteiger partial charge in [0.05, 0.1) is 24.5 Å². The van der Waals surface area contributed by atoms with E-state index in [1.807, 2.05) is 54.9 Å². The van der Waals surface area contributed by atoms with E-state index in [1.165, 1.54) is 5.69 Å². The molecule has 0 amide bonds. The molecule has 0 atom stereocenters. The van der Waals surface area contributed by atoms with Crippen LogP contribution in [0.3, 0.4) is 0 Å². The molecule has 3 N–H and O–H groups in total. The molecule has 0 saturated carbocycles. The number of rotatable bonds is 5. The molecule has 0 aliphatic carbocycles. The van der Waals surface area contributed by atoms with Crippen LogP contribution in [-0.2, 0) is 55.9 Å². The molecule has 1 radical (unpaired) electrons. The van der Waals surface area contributed by atoms with Crippen LogP contribution in [-0.4, -0.2) is 46.9 Å². The molecule has 0 bridgehead atoms. The molecule has 0 aliphatic heterocycles. The van der Waals surface area contributed by atoms with E-state index in [-0.39, 0.29) is 22.5 Å². The fourth-order valence-corrected chi connectivity index (χ4v) is 2.25. The van der Waals surface area contributed by atoms with E-state index < -0.39 is 31.3 Å². The Labute approximate surface area is 230 Å². The van der Waals surface area contributed by atoms with E-state index >= 15 is 0 Å². The van der Waals surface area contributed by atoms with Crippen LogP contribution < -0.4 is 4.90 Å². The third kappa shape index (κ3) is 14.8. The van der Waals surface area contributed by atoms with Crippen molar-refractivity contribution in [2.45, 2.75) is 24.1 Å². The van der Waals surface area contributed by atoms with Gasteiger partial charge in [0.15, 0.2) is 20.2 Å². The Hall–Kier alpha value is -2.80. The number of aromatic nitrogens is 2. The van der Waals surface area contributed by atoms with Crippen molar-refractivity contribution in [3.63, 3.8) is 0 Å². The Balaban J connectivity index is 0. The van der Waals surface area contributed by atoms with E-state index in [0.717, 1.165) is 24.5 Å². The molecule has 3 aromatic rings. The zero-order valence-electron chi connectivity index (χ0n) is 19.2. The summed E-state index contributed by atoms with van der Waals surface area (Å²) in [7, 11) is -12.2. The van der Waals surface area contributed by atoms with Crippen LogP contribution in [0.5, 0.6) is 0 Å². The monoisotopic (exact) mass is 655 g/mol. The summed E-state index contributed by atoms with van der Waals surface area (Å²) in [5.74, 6) is 0. The molecule has 0 spiro atoms. The predicted molar refractivity (Wildman–Crippen MR) is 121 cm³/mol. The molecule has 2 heterocycles. The Morgan fingerprint density at radius 3 is 1.21 bits per heavy atom. The van der Waals surface area contributed by atoms with Crippen LogP contribution >= 0.6 is 0 Å². The number of halogens is 6. The average Bonchev–Trinajstić information content (AvgIpc) is 2.79. The Morgan fingerprint density at radius 1 is 0.641 bits per heavy atom. The summed E-state index contributed by atoms with van der Waals surface area (Å²) in [6, 6.07) is 22.4. The third-order valence-electron chi connectivity index (χ3n) is 3.85. The summed E-state index contributed by atoms with van der Waals surface area (Å²) in [4.78, 5) is 11.1. The quantitative estimate of drug-likeness (QED) is 0.131. The fourth-order valence-electron chi connectivity index (χ4n) is 2.25. The minimum absolute atomic E-state index is 0. The van der Waals surface area contributed by atoms with Crippen LogP contribution in [0, 0.1) is 0 Å². The van der Waals surface area contributed by atoms with Crippen LogP contribution in [0.2, 0.25) is 0 Å². The predicted octanol–water partition coefficient (Wildman–Crippen LogP) is 2.86. The molecule has 0 fully saturated rings. The van der Waals surface area contributed by atoms with Gasteiger partial charge in [0.2, 0.25) is 0 Å². The van der Waals surface area contributed by atoms with Crippen molar-refractivity contribution >= 4 is 25.9 Å². The standard InChI is InChI=1S/C18H17N3.2CHF3O3S.Cu.H2O/c1-2-10-18(11-3-1)21(14-16-8-4-6-12-19-16)15-17-9-5-7-13-20-17;2*2-1(3,4)8(5,6)7;;/h1-13H,14-15H2;2*(H,5,6,7);;1H2/q;;;+2;/p-1. The summed E-state index contributed by atoms with van der Waals surface area (Å²) in [6.07, 6.45) is 3.67. The summed E-state index contributed by atoms with van der Waals surface area (Å²) in [6.45, 7) is 1.53. The number of nitrogens with zero attached hydrogens (tertiary/aromatic N) is 3. The topological polar surface area (TPSA) is 176 Å². The zero-order valence-corrected chi connectivity index (χ0v) is 21.7. The normalized spacial score (nSPS) is 11.3. The second-order valence-electron chi connectivity index (χ2n) is 6.63. The minimum atomic E-state index is -6.09. The number of alkyl halides is 6. The van der Waals surface area contributed by atoms with Gasteiger partial charge in [0, 0.05) is 18.1 Å². The maximum atomic E-state index is 10.7. The number of hydrogen-bond donors (Lipinski definition) is 0. The number of anilines is 1. The molecule has 0 saturated heterocycles. The maximum absolute atomic E-state index is 10.7. The van der Waals surface area contributed by atoms with Gasteiger partial charge in [-0.3, -0.25) is 9.97 Å². The summed E-state index contributed by atoms with van der Waals surface area (Å²) >= 11 is 0. The average molecular weight is 656 g/mol. The second-order valence-corrected chi connectivity index (χ2v) is 9.38. The van der Waals surface area contributed by atoms with Crippen LogP contribution in [0.1, 0.15) is 11.4 Å². The molecular weight excluding hydrogens is 636 g/mol. The van der Waals surface area contributed by atoms with Gasteiger partial charge in [0.25, 0.3) is 0 Å². The number of pyridine rings is 2. The first kappa shape index (κ1) is 38.3. The van der Waals surface area contributed by atoms with Crippen molar-refractivity contribution in [2.24, 2.45) is 0 Å². The molecule has 0 aliphatic rings. The Kier molecular flexibility index (Phi) is 16.1. The van der Waals surface area contributed by atoms with Crippen molar-refractivity contribution in [1.82, 2.24) is 9.97 Å². The van der Waals surface area contributed by atoms with Crippen molar-refractivity contribution in [3.8, 4) is 0 Å². The van der Waals surface area contributed by atoms with Gasteiger partial charge in [-0.25, -0.2) is 16.8 Å². The van der Waals surface area contributed by atoms with Crippen molar-refractivity contribution < 1.29 is 74.8 Å². The summed E-state index contributed by atoms with van der Waals surface area (Å²) in [5, 5.41) is 0. The van der Waals surface area contributed by atoms with Gasteiger partial charge in [-0.1, -0.05) is 30.3 Å². The molecule has 19 heteroatoms. The summed E-state index contributed by atoms with van der Waals surface area (Å²) < 4.78 is 118. The molecule has 1 aromatic carbocycles. The van der Waals surface area contributed by atoms with E-state index in [1.54, 1.807) is 0 Å². The largest absolute Gasteiger partial charge is 2.00 e. The van der Waals surface area contributed by atoms with Gasteiger partial charge in [0.1, 0.15) is 0 Å². The molecule has 0 unspecified atom stereocenters. The van der Waals surface area contributed by atoms with E-state index in [0.29, 0.717) is 0 Å². The van der Waals surface area contributed by atoms with Crippen molar-refractivity contribution in [1.29, 1.82) is 0 Å². The van der Waals surface area contributed by atoms with E-state index in [4.69, 9.17) is 25.9 Å².